The molecule has 0 bridgehead atoms. The van der Waals surface area contributed by atoms with Crippen LogP contribution in [0.2, 0.25) is 0 Å². The first-order valence-corrected chi connectivity index (χ1v) is 10.4. The highest BCUT2D eigenvalue weighted by molar-refractivity contribution is 5.64. The molecule has 0 aliphatic rings. The third-order valence-electron chi connectivity index (χ3n) is 5.14. The van der Waals surface area contributed by atoms with Crippen LogP contribution in [-0.4, -0.2) is 30.8 Å². The van der Waals surface area contributed by atoms with Crippen LogP contribution in [0.3, 0.4) is 0 Å². The third-order valence-corrected chi connectivity index (χ3v) is 5.14. The van der Waals surface area contributed by atoms with Gasteiger partial charge in [-0.3, -0.25) is 0 Å². The maximum absolute atomic E-state index is 11.4. The van der Waals surface area contributed by atoms with Gasteiger partial charge in [0, 0.05) is 31.4 Å². The zero-order chi connectivity index (χ0) is 24.0. The summed E-state index contributed by atoms with van der Waals surface area (Å²) in [5.74, 6) is 0.484. The summed E-state index contributed by atoms with van der Waals surface area (Å²) in [7, 11) is 3.57. The average molecular weight is 448 g/mol. The second-order valence-electron chi connectivity index (χ2n) is 7.51. The van der Waals surface area contributed by atoms with Gasteiger partial charge < -0.3 is 9.64 Å². The first-order valence-electron chi connectivity index (χ1n) is 10.4. The molecular formula is C24H27N6O3+. The molecule has 33 heavy (non-hydrogen) atoms. The summed E-state index contributed by atoms with van der Waals surface area (Å²) in [4.78, 5) is 13.3. The van der Waals surface area contributed by atoms with Crippen LogP contribution in [0.25, 0.3) is 0 Å². The molecule has 0 aromatic heterocycles. The third kappa shape index (κ3) is 5.76. The van der Waals surface area contributed by atoms with Crippen molar-refractivity contribution in [2.75, 3.05) is 25.6 Å². The van der Waals surface area contributed by atoms with Gasteiger partial charge in [0.2, 0.25) is 0 Å². The maximum Gasteiger partial charge on any atom is 0.344 e. The fourth-order valence-corrected chi connectivity index (χ4v) is 3.06. The number of methoxy groups -OCH3 is 1. The summed E-state index contributed by atoms with van der Waals surface area (Å²) in [6.07, 6.45) is 0. The van der Waals surface area contributed by atoms with Crippen molar-refractivity contribution in [2.24, 2.45) is 20.5 Å². The normalized spacial score (nSPS) is 11.3. The van der Waals surface area contributed by atoms with Crippen molar-refractivity contribution in [3.63, 3.8) is 0 Å². The zero-order valence-electron chi connectivity index (χ0n) is 19.4. The van der Waals surface area contributed by atoms with E-state index in [-0.39, 0.29) is 16.3 Å². The standard InChI is InChI=1S/C24H27N6O3/c1-6-29(4)19-10-8-18(9-11-19)25-28-22-14-17(3)21(15-24(22)33-5)27-26-20-12-7-16(2)13-23(20)30(31)32/h7-15H,6H2,1-5H3,(H,31,32)/q+1/b27-26+,28-25+. The van der Waals surface area contributed by atoms with Gasteiger partial charge in [0.1, 0.15) is 11.4 Å². The second-order valence-corrected chi connectivity index (χ2v) is 7.51. The number of hydrogen-bond donors (Lipinski definition) is 1. The highest BCUT2D eigenvalue weighted by atomic mass is 16.6. The van der Waals surface area contributed by atoms with Gasteiger partial charge in [-0.2, -0.15) is 5.11 Å². The number of nitrogens with zero attached hydrogens (tertiary/aromatic N) is 6. The van der Waals surface area contributed by atoms with Gasteiger partial charge in [-0.25, -0.2) is 5.21 Å². The van der Waals surface area contributed by atoms with Gasteiger partial charge in [0.05, 0.1) is 23.4 Å². The predicted octanol–water partition coefficient (Wildman–Crippen LogP) is 7.40. The monoisotopic (exact) mass is 447 g/mol. The van der Waals surface area contributed by atoms with Crippen molar-refractivity contribution < 1.29 is 14.9 Å². The van der Waals surface area contributed by atoms with Crippen molar-refractivity contribution >= 4 is 34.1 Å². The minimum absolute atomic E-state index is 0.0185. The van der Waals surface area contributed by atoms with E-state index in [1.54, 1.807) is 31.4 Å². The van der Waals surface area contributed by atoms with Gasteiger partial charge in [-0.05, 0) is 68.3 Å². The van der Waals surface area contributed by atoms with Gasteiger partial charge >= 0.3 is 5.69 Å². The van der Waals surface area contributed by atoms with Crippen LogP contribution in [0, 0.1) is 18.8 Å². The second kappa shape index (κ2) is 10.4. The Morgan fingerprint density at radius 3 is 2.21 bits per heavy atom. The van der Waals surface area contributed by atoms with Crippen LogP contribution in [-0.2, 0) is 0 Å². The van der Waals surface area contributed by atoms with E-state index in [0.29, 0.717) is 17.1 Å². The van der Waals surface area contributed by atoms with Crippen LogP contribution in [0.4, 0.5) is 34.1 Å². The largest absolute Gasteiger partial charge is 0.494 e. The Kier molecular flexibility index (Phi) is 7.45. The van der Waals surface area contributed by atoms with Crippen molar-refractivity contribution in [2.45, 2.75) is 20.8 Å². The molecule has 0 amide bonds. The zero-order valence-corrected chi connectivity index (χ0v) is 19.4. The SMILES string of the molecule is CCN(C)c1ccc(/N=N/c2cc(C)c(/N=N/c3ccc(C)cc3[N+](=O)O)cc2OC)cc1. The summed E-state index contributed by atoms with van der Waals surface area (Å²) in [5.41, 5.74) is 4.81. The van der Waals surface area contributed by atoms with Crippen LogP contribution in [0.5, 0.6) is 5.75 Å². The fourth-order valence-electron chi connectivity index (χ4n) is 3.06. The fraction of sp³-hybridized carbons (Fsp3) is 0.250. The van der Waals surface area contributed by atoms with E-state index in [1.165, 1.54) is 6.07 Å². The number of ether oxygens (including phenoxy) is 1. The number of benzene rings is 3. The molecule has 0 spiro atoms. The Labute approximate surface area is 192 Å². The molecule has 0 saturated heterocycles. The molecule has 0 heterocycles. The van der Waals surface area contributed by atoms with E-state index in [4.69, 9.17) is 4.74 Å². The van der Waals surface area contributed by atoms with E-state index >= 15 is 0 Å². The first kappa shape index (κ1) is 23.5. The van der Waals surface area contributed by atoms with Crippen molar-refractivity contribution in [3.8, 4) is 5.75 Å². The summed E-state index contributed by atoms with van der Waals surface area (Å²) >= 11 is 0. The molecule has 3 rings (SSSR count). The number of aryl methyl sites for hydroxylation is 2. The quantitative estimate of drug-likeness (QED) is 0.287. The lowest BCUT2D eigenvalue weighted by molar-refractivity contribution is -0.729. The Morgan fingerprint density at radius 2 is 1.58 bits per heavy atom. The van der Waals surface area contributed by atoms with E-state index < -0.39 is 0 Å². The minimum Gasteiger partial charge on any atom is -0.494 e. The molecule has 0 unspecified atom stereocenters. The highest BCUT2D eigenvalue weighted by Gasteiger charge is 2.19. The molecule has 0 saturated carbocycles. The lowest BCUT2D eigenvalue weighted by Gasteiger charge is -2.16. The van der Waals surface area contributed by atoms with Crippen molar-refractivity contribution in [3.05, 3.63) is 70.6 Å². The molecule has 170 valence electrons. The Morgan fingerprint density at radius 1 is 0.909 bits per heavy atom. The maximum atomic E-state index is 11.4. The molecule has 0 atom stereocenters. The van der Waals surface area contributed by atoms with E-state index in [9.17, 15) is 10.1 Å². The number of hydrogen-bond acceptors (Lipinski definition) is 7. The van der Waals surface area contributed by atoms with Gasteiger partial charge in [0.15, 0.2) is 5.69 Å². The van der Waals surface area contributed by atoms with E-state index in [0.717, 1.165) is 29.0 Å². The van der Waals surface area contributed by atoms with E-state index in [2.05, 4.69) is 32.3 Å². The molecule has 3 aromatic carbocycles. The smallest absolute Gasteiger partial charge is 0.344 e. The minimum atomic E-state index is -0.217. The Bertz CT molecular complexity index is 1210. The van der Waals surface area contributed by atoms with Crippen LogP contribution >= 0.6 is 0 Å². The highest BCUT2D eigenvalue weighted by Crippen LogP contribution is 2.37. The molecule has 9 nitrogen and oxygen atoms in total. The number of azo groups is 2. The van der Waals surface area contributed by atoms with E-state index in [1.807, 2.05) is 45.2 Å². The summed E-state index contributed by atoms with van der Waals surface area (Å²) in [6, 6.07) is 16.3. The lowest BCUT2D eigenvalue weighted by atomic mass is 10.1. The number of rotatable bonds is 8. The topological polar surface area (TPSA) is 102 Å². The molecule has 0 aliphatic heterocycles. The van der Waals surface area contributed by atoms with Gasteiger partial charge in [-0.1, -0.05) is 6.07 Å². The van der Waals surface area contributed by atoms with Crippen molar-refractivity contribution in [1.82, 2.24) is 0 Å². The molecule has 9 heteroatoms. The van der Waals surface area contributed by atoms with Gasteiger partial charge in [-0.15, -0.1) is 15.3 Å². The molecule has 0 radical (unpaired) electrons. The predicted molar refractivity (Wildman–Crippen MR) is 128 cm³/mol. The molecule has 0 fully saturated rings. The van der Waals surface area contributed by atoms with Crippen LogP contribution < -0.4 is 9.64 Å². The lowest BCUT2D eigenvalue weighted by Crippen LogP contribution is -2.15. The molecular weight excluding hydrogens is 420 g/mol. The average Bonchev–Trinajstić information content (AvgIpc) is 2.82. The van der Waals surface area contributed by atoms with Crippen LogP contribution in [0.1, 0.15) is 18.1 Å². The van der Waals surface area contributed by atoms with Crippen molar-refractivity contribution in [1.29, 1.82) is 0 Å². The Balaban J connectivity index is 1.86. The Hall–Kier alpha value is -4.14. The summed E-state index contributed by atoms with van der Waals surface area (Å²) in [6.45, 7) is 6.69. The van der Waals surface area contributed by atoms with Gasteiger partial charge in [0.25, 0.3) is 4.92 Å². The number of anilines is 1. The molecule has 0 aliphatic carbocycles. The first-order chi connectivity index (χ1) is 15.8. The summed E-state index contributed by atoms with van der Waals surface area (Å²) < 4.78 is 5.46. The molecule has 3 aromatic rings. The van der Waals surface area contributed by atoms with Crippen LogP contribution in [0.15, 0.2) is 75.1 Å². The summed E-state index contributed by atoms with van der Waals surface area (Å²) in [5, 5.41) is 26.4. The molecule has 1 N–H and O–H groups in total.